The van der Waals surface area contributed by atoms with Crippen LogP contribution < -0.4 is 5.73 Å². The van der Waals surface area contributed by atoms with Gasteiger partial charge in [-0.2, -0.15) is 0 Å². The molecule has 1 aliphatic carbocycles. The lowest BCUT2D eigenvalue weighted by Gasteiger charge is -2.29. The first-order chi connectivity index (χ1) is 7.46. The van der Waals surface area contributed by atoms with E-state index >= 15 is 0 Å². The van der Waals surface area contributed by atoms with E-state index in [-0.39, 0.29) is 11.3 Å². The maximum absolute atomic E-state index is 9.66. The number of halogens is 1. The van der Waals surface area contributed by atoms with Crippen molar-refractivity contribution >= 4 is 11.6 Å². The Balaban J connectivity index is 2.60. The van der Waals surface area contributed by atoms with Crippen LogP contribution in [0.25, 0.3) is 0 Å². The van der Waals surface area contributed by atoms with Crippen molar-refractivity contribution in [3.05, 3.63) is 27.8 Å². The van der Waals surface area contributed by atoms with Crippen LogP contribution in [0.2, 0.25) is 5.02 Å². The highest BCUT2D eigenvalue weighted by molar-refractivity contribution is 6.32. The Morgan fingerprint density at radius 1 is 1.31 bits per heavy atom. The molecular weight excluding hydrogens is 222 g/mol. The fourth-order valence-corrected chi connectivity index (χ4v) is 3.11. The average molecular weight is 240 g/mol. The minimum Gasteiger partial charge on any atom is -0.506 e. The van der Waals surface area contributed by atoms with E-state index in [1.54, 1.807) is 6.07 Å². The van der Waals surface area contributed by atoms with E-state index in [1.165, 1.54) is 12.8 Å². The Morgan fingerprint density at radius 2 is 1.88 bits per heavy atom. The fourth-order valence-electron chi connectivity index (χ4n) is 2.96. The number of aromatic hydroxyl groups is 1. The minimum atomic E-state index is -0.245. The summed E-state index contributed by atoms with van der Waals surface area (Å²) in [6.45, 7) is 3.93. The SMILES string of the molecule is Cc1cc(O)c(Cl)c(C)c1C1(N)CCCC1. The number of aryl methyl sites for hydroxylation is 1. The predicted octanol–water partition coefficient (Wildman–Crippen LogP) is 3.39. The third-order valence-electron chi connectivity index (χ3n) is 3.67. The van der Waals surface area contributed by atoms with Gasteiger partial charge >= 0.3 is 0 Å². The molecular formula is C13H18ClNO. The molecule has 88 valence electrons. The van der Waals surface area contributed by atoms with E-state index in [0.29, 0.717) is 5.02 Å². The van der Waals surface area contributed by atoms with E-state index in [0.717, 1.165) is 29.5 Å². The Labute approximate surface area is 101 Å². The molecule has 1 aliphatic rings. The van der Waals surface area contributed by atoms with Crippen molar-refractivity contribution in [3.8, 4) is 5.75 Å². The number of hydrogen-bond acceptors (Lipinski definition) is 2. The summed E-state index contributed by atoms with van der Waals surface area (Å²) in [4.78, 5) is 0. The number of phenolic OH excluding ortho intramolecular Hbond substituents is 1. The molecule has 2 rings (SSSR count). The Morgan fingerprint density at radius 3 is 2.44 bits per heavy atom. The molecule has 3 N–H and O–H groups in total. The second kappa shape index (κ2) is 3.94. The molecule has 1 aromatic carbocycles. The van der Waals surface area contributed by atoms with Crippen LogP contribution in [0, 0.1) is 13.8 Å². The van der Waals surface area contributed by atoms with Crippen molar-refractivity contribution in [2.75, 3.05) is 0 Å². The van der Waals surface area contributed by atoms with Gasteiger partial charge in [-0.25, -0.2) is 0 Å². The zero-order valence-corrected chi connectivity index (χ0v) is 10.6. The van der Waals surface area contributed by atoms with Crippen LogP contribution in [0.5, 0.6) is 5.75 Å². The van der Waals surface area contributed by atoms with E-state index in [4.69, 9.17) is 17.3 Å². The maximum atomic E-state index is 9.66. The van der Waals surface area contributed by atoms with Crippen LogP contribution in [0.1, 0.15) is 42.4 Å². The molecule has 0 saturated heterocycles. The lowest BCUT2D eigenvalue weighted by atomic mass is 9.83. The van der Waals surface area contributed by atoms with Crippen molar-refractivity contribution in [1.29, 1.82) is 0 Å². The normalized spacial score (nSPS) is 19.0. The standard InChI is InChI=1S/C13H18ClNO/c1-8-7-10(16)12(14)9(2)11(8)13(15)5-3-4-6-13/h7,16H,3-6,15H2,1-2H3. The number of nitrogens with two attached hydrogens (primary N) is 1. The molecule has 1 saturated carbocycles. The van der Waals surface area contributed by atoms with Gasteiger partial charge in [0.05, 0.1) is 5.02 Å². The van der Waals surface area contributed by atoms with Crippen LogP contribution in [0.4, 0.5) is 0 Å². The molecule has 0 aliphatic heterocycles. The summed E-state index contributed by atoms with van der Waals surface area (Å²) in [5, 5.41) is 10.1. The van der Waals surface area contributed by atoms with Crippen molar-refractivity contribution < 1.29 is 5.11 Å². The molecule has 0 atom stereocenters. The van der Waals surface area contributed by atoms with Gasteiger partial charge in [0.15, 0.2) is 0 Å². The topological polar surface area (TPSA) is 46.2 Å². The molecule has 0 amide bonds. The largest absolute Gasteiger partial charge is 0.506 e. The lowest BCUT2D eigenvalue weighted by molar-refractivity contribution is 0.449. The summed E-state index contributed by atoms with van der Waals surface area (Å²) in [5.41, 5.74) is 9.33. The highest BCUT2D eigenvalue weighted by Crippen LogP contribution is 2.43. The molecule has 0 spiro atoms. The van der Waals surface area contributed by atoms with Gasteiger partial charge in [-0.05, 0) is 49.4 Å². The summed E-state index contributed by atoms with van der Waals surface area (Å²) in [7, 11) is 0. The van der Waals surface area contributed by atoms with Gasteiger partial charge in [0, 0.05) is 5.54 Å². The first kappa shape index (κ1) is 11.7. The molecule has 0 heterocycles. The average Bonchev–Trinajstić information content (AvgIpc) is 2.62. The Kier molecular flexibility index (Phi) is 2.89. The summed E-state index contributed by atoms with van der Waals surface area (Å²) in [6, 6.07) is 1.72. The van der Waals surface area contributed by atoms with Gasteiger partial charge in [0.25, 0.3) is 0 Å². The summed E-state index contributed by atoms with van der Waals surface area (Å²) in [6.07, 6.45) is 4.37. The third kappa shape index (κ3) is 1.70. The second-order valence-corrected chi connectivity index (χ2v) is 5.27. The maximum Gasteiger partial charge on any atom is 0.134 e. The van der Waals surface area contributed by atoms with Gasteiger partial charge in [-0.15, -0.1) is 0 Å². The molecule has 0 aromatic heterocycles. The van der Waals surface area contributed by atoms with Gasteiger partial charge in [0.1, 0.15) is 5.75 Å². The number of hydrogen-bond donors (Lipinski definition) is 2. The first-order valence-corrected chi connectivity index (χ1v) is 6.11. The summed E-state index contributed by atoms with van der Waals surface area (Å²) < 4.78 is 0. The summed E-state index contributed by atoms with van der Waals surface area (Å²) >= 11 is 6.09. The van der Waals surface area contributed by atoms with Crippen molar-refractivity contribution in [2.45, 2.75) is 45.1 Å². The van der Waals surface area contributed by atoms with Crippen molar-refractivity contribution in [1.82, 2.24) is 0 Å². The summed E-state index contributed by atoms with van der Waals surface area (Å²) in [5.74, 6) is 0.155. The molecule has 3 heteroatoms. The lowest BCUT2D eigenvalue weighted by Crippen LogP contribution is -2.34. The van der Waals surface area contributed by atoms with Gasteiger partial charge in [-0.3, -0.25) is 0 Å². The molecule has 0 bridgehead atoms. The predicted molar refractivity (Wildman–Crippen MR) is 66.9 cm³/mol. The van der Waals surface area contributed by atoms with E-state index in [1.807, 2.05) is 13.8 Å². The Hall–Kier alpha value is -0.730. The molecule has 0 unspecified atom stereocenters. The van der Waals surface area contributed by atoms with E-state index < -0.39 is 0 Å². The molecule has 0 radical (unpaired) electrons. The number of phenols is 1. The van der Waals surface area contributed by atoms with Crippen molar-refractivity contribution in [2.24, 2.45) is 5.73 Å². The van der Waals surface area contributed by atoms with Crippen molar-refractivity contribution in [3.63, 3.8) is 0 Å². The van der Waals surface area contributed by atoms with Crippen LogP contribution in [-0.4, -0.2) is 5.11 Å². The quantitative estimate of drug-likeness (QED) is 0.789. The zero-order chi connectivity index (χ0) is 11.9. The molecule has 2 nitrogen and oxygen atoms in total. The minimum absolute atomic E-state index is 0.155. The molecule has 1 aromatic rings. The van der Waals surface area contributed by atoms with Gasteiger partial charge in [0.2, 0.25) is 0 Å². The third-order valence-corrected chi connectivity index (χ3v) is 4.15. The number of rotatable bonds is 1. The van der Waals surface area contributed by atoms with Crippen LogP contribution in [-0.2, 0) is 5.54 Å². The zero-order valence-electron chi connectivity index (χ0n) is 9.81. The molecule has 16 heavy (non-hydrogen) atoms. The smallest absolute Gasteiger partial charge is 0.134 e. The highest BCUT2D eigenvalue weighted by Gasteiger charge is 2.34. The molecule has 1 fully saturated rings. The van der Waals surface area contributed by atoms with Crippen LogP contribution in [0.3, 0.4) is 0 Å². The van der Waals surface area contributed by atoms with Gasteiger partial charge in [-0.1, -0.05) is 24.4 Å². The van der Waals surface area contributed by atoms with Crippen LogP contribution in [0.15, 0.2) is 6.07 Å². The van der Waals surface area contributed by atoms with E-state index in [2.05, 4.69) is 0 Å². The number of benzene rings is 1. The van der Waals surface area contributed by atoms with Crippen LogP contribution >= 0.6 is 11.6 Å². The highest BCUT2D eigenvalue weighted by atomic mass is 35.5. The first-order valence-electron chi connectivity index (χ1n) is 5.74. The second-order valence-electron chi connectivity index (χ2n) is 4.89. The van der Waals surface area contributed by atoms with Gasteiger partial charge < -0.3 is 10.8 Å². The van der Waals surface area contributed by atoms with E-state index in [9.17, 15) is 5.11 Å². The fraction of sp³-hybridized carbons (Fsp3) is 0.538. The monoisotopic (exact) mass is 239 g/mol. The Bertz CT molecular complexity index is 422.